The van der Waals surface area contributed by atoms with Crippen molar-refractivity contribution in [3.8, 4) is 0 Å². The lowest BCUT2D eigenvalue weighted by molar-refractivity contribution is -0.115. The largest absolute Gasteiger partial charge is 0.463 e. The molecule has 1 unspecified atom stereocenters. The van der Waals surface area contributed by atoms with Crippen molar-refractivity contribution in [2.45, 2.75) is 57.7 Å². The topological polar surface area (TPSA) is 72.4 Å². The molecule has 4 aromatic rings. The summed E-state index contributed by atoms with van der Waals surface area (Å²) in [6, 6.07) is 8.09. The van der Waals surface area contributed by atoms with Crippen LogP contribution in [0, 0.1) is 20.8 Å². The molecule has 4 rings (SSSR count). The van der Waals surface area contributed by atoms with E-state index in [1.807, 2.05) is 32.9 Å². The van der Waals surface area contributed by atoms with Gasteiger partial charge in [-0.05, 0) is 38.3 Å². The van der Waals surface area contributed by atoms with E-state index in [1.165, 1.54) is 17.3 Å². The summed E-state index contributed by atoms with van der Waals surface area (Å²) >= 11 is 1.45. The van der Waals surface area contributed by atoms with E-state index in [0.717, 1.165) is 50.7 Å². The predicted molar refractivity (Wildman–Crippen MR) is 121 cm³/mol. The first kappa shape index (κ1) is 20.5. The van der Waals surface area contributed by atoms with Gasteiger partial charge in [-0.25, -0.2) is 0 Å². The van der Waals surface area contributed by atoms with E-state index in [4.69, 9.17) is 4.42 Å². The fraction of sp³-hybridized carbons (Fsp3) is 0.348. The number of rotatable bonds is 6. The Morgan fingerprint density at radius 1 is 1.13 bits per heavy atom. The Balaban J connectivity index is 1.66. The van der Waals surface area contributed by atoms with Gasteiger partial charge in [-0.2, -0.15) is 0 Å². The fourth-order valence-electron chi connectivity index (χ4n) is 3.91. The number of hydrogen-bond donors (Lipinski definition) is 1. The normalized spacial score (nSPS) is 12.6. The number of hydrogen-bond acceptors (Lipinski definition) is 5. The maximum atomic E-state index is 13.1. The zero-order valence-electron chi connectivity index (χ0n) is 17.9. The molecule has 0 aliphatic carbocycles. The number of furan rings is 1. The summed E-state index contributed by atoms with van der Waals surface area (Å²) in [5, 5.41) is 12.5. The van der Waals surface area contributed by atoms with Gasteiger partial charge in [-0.1, -0.05) is 43.3 Å². The van der Waals surface area contributed by atoms with Gasteiger partial charge in [0.1, 0.15) is 10.9 Å². The molecule has 0 fully saturated rings. The summed E-state index contributed by atoms with van der Waals surface area (Å²) < 4.78 is 7.66. The van der Waals surface area contributed by atoms with Crippen LogP contribution in [-0.2, 0) is 11.2 Å². The number of fused-ring (bicyclic) bond motifs is 3. The maximum absolute atomic E-state index is 13.1. The molecule has 156 valence electrons. The van der Waals surface area contributed by atoms with Crippen LogP contribution in [0.5, 0.6) is 0 Å². The van der Waals surface area contributed by atoms with Crippen LogP contribution in [0.1, 0.15) is 42.8 Å². The number of thioether (sulfide) groups is 1. The summed E-state index contributed by atoms with van der Waals surface area (Å²) in [6.45, 7) is 10.2. The standard InChI is InChI=1S/C23H26N4O2S/c1-6-19(22(28)24-21-14(4)10-13(3)11-15(21)5)30-23-17-12-18-16(8-9-29-18)27(17)20(7-2)25-26-23/h8-12,19H,6-7H2,1-5H3,(H,24,28). The number of nitrogens with zero attached hydrogens (tertiary/aromatic N) is 3. The lowest BCUT2D eigenvalue weighted by Crippen LogP contribution is -2.25. The molecule has 0 aliphatic rings. The van der Waals surface area contributed by atoms with Gasteiger partial charge in [0.2, 0.25) is 5.91 Å². The van der Waals surface area contributed by atoms with Gasteiger partial charge in [0.15, 0.2) is 5.58 Å². The maximum Gasteiger partial charge on any atom is 0.237 e. The molecule has 6 nitrogen and oxygen atoms in total. The molecule has 0 radical (unpaired) electrons. The monoisotopic (exact) mass is 422 g/mol. The molecule has 1 aromatic carbocycles. The van der Waals surface area contributed by atoms with Crippen LogP contribution in [-0.4, -0.2) is 25.8 Å². The van der Waals surface area contributed by atoms with Gasteiger partial charge in [0, 0.05) is 24.2 Å². The Kier molecular flexibility index (Phi) is 5.56. The Hall–Kier alpha value is -2.80. The highest BCUT2D eigenvalue weighted by Gasteiger charge is 2.23. The number of benzene rings is 1. The number of aryl methyl sites for hydroxylation is 4. The summed E-state index contributed by atoms with van der Waals surface area (Å²) in [6.07, 6.45) is 3.12. The number of nitrogens with one attached hydrogen (secondary N) is 1. The highest BCUT2D eigenvalue weighted by molar-refractivity contribution is 8.00. The van der Waals surface area contributed by atoms with Crippen molar-refractivity contribution < 1.29 is 9.21 Å². The van der Waals surface area contributed by atoms with Gasteiger partial charge >= 0.3 is 0 Å². The smallest absolute Gasteiger partial charge is 0.237 e. The lowest BCUT2D eigenvalue weighted by Gasteiger charge is -2.18. The molecule has 1 amide bonds. The SMILES string of the molecule is CCc1nnc(SC(CC)C(=O)Nc2c(C)cc(C)cc2C)c2cc3occc3n12. The quantitative estimate of drug-likeness (QED) is 0.417. The second-order valence-corrected chi connectivity index (χ2v) is 8.78. The molecule has 1 N–H and O–H groups in total. The molecule has 0 saturated carbocycles. The number of amides is 1. The summed E-state index contributed by atoms with van der Waals surface area (Å²) in [5.74, 6) is 0.849. The second kappa shape index (κ2) is 8.14. The van der Waals surface area contributed by atoms with Crippen LogP contribution in [0.2, 0.25) is 0 Å². The molecule has 30 heavy (non-hydrogen) atoms. The van der Waals surface area contributed by atoms with Gasteiger partial charge in [-0.3, -0.25) is 9.20 Å². The van der Waals surface area contributed by atoms with E-state index in [-0.39, 0.29) is 11.2 Å². The number of carbonyl (C=O) groups is 1. The average Bonchev–Trinajstić information content (AvgIpc) is 3.30. The van der Waals surface area contributed by atoms with E-state index >= 15 is 0 Å². The van der Waals surface area contributed by atoms with E-state index in [1.54, 1.807) is 6.26 Å². The van der Waals surface area contributed by atoms with E-state index < -0.39 is 0 Å². The van der Waals surface area contributed by atoms with Gasteiger partial charge in [0.25, 0.3) is 0 Å². The van der Waals surface area contributed by atoms with Crippen LogP contribution in [0.15, 0.2) is 40.0 Å². The fourth-order valence-corrected chi connectivity index (χ4v) is 4.87. The third-order valence-corrected chi connectivity index (χ3v) is 6.66. The first-order chi connectivity index (χ1) is 14.4. The molecule has 0 bridgehead atoms. The van der Waals surface area contributed by atoms with Crippen molar-refractivity contribution in [1.29, 1.82) is 0 Å². The predicted octanol–water partition coefficient (Wildman–Crippen LogP) is 5.47. The first-order valence-corrected chi connectivity index (χ1v) is 11.1. The van der Waals surface area contributed by atoms with Crippen molar-refractivity contribution in [3.05, 3.63) is 53.0 Å². The van der Waals surface area contributed by atoms with E-state index in [0.29, 0.717) is 6.42 Å². The molecule has 0 aliphatic heterocycles. The summed E-state index contributed by atoms with van der Waals surface area (Å²) in [4.78, 5) is 13.1. The zero-order valence-corrected chi connectivity index (χ0v) is 18.8. The van der Waals surface area contributed by atoms with E-state index in [9.17, 15) is 4.79 Å². The van der Waals surface area contributed by atoms with Gasteiger partial charge in [0.05, 0.1) is 22.5 Å². The van der Waals surface area contributed by atoms with Crippen LogP contribution in [0.25, 0.3) is 16.6 Å². The minimum atomic E-state index is -0.281. The molecule has 3 aromatic heterocycles. The van der Waals surface area contributed by atoms with Crippen molar-refractivity contribution >= 4 is 40.0 Å². The average molecular weight is 423 g/mol. The van der Waals surface area contributed by atoms with Crippen molar-refractivity contribution in [2.24, 2.45) is 0 Å². The van der Waals surface area contributed by atoms with Gasteiger partial charge < -0.3 is 9.73 Å². The summed E-state index contributed by atoms with van der Waals surface area (Å²) in [7, 11) is 0. The number of anilines is 1. The molecule has 0 spiro atoms. The lowest BCUT2D eigenvalue weighted by atomic mass is 10.0. The minimum Gasteiger partial charge on any atom is -0.463 e. The van der Waals surface area contributed by atoms with E-state index in [2.05, 4.69) is 45.9 Å². The van der Waals surface area contributed by atoms with Crippen LogP contribution in [0.3, 0.4) is 0 Å². The van der Waals surface area contributed by atoms with Crippen molar-refractivity contribution in [1.82, 2.24) is 14.6 Å². The summed E-state index contributed by atoms with van der Waals surface area (Å²) in [5.41, 5.74) is 6.92. The molecular formula is C23H26N4O2S. The molecule has 3 heterocycles. The zero-order chi connectivity index (χ0) is 21.4. The Morgan fingerprint density at radius 3 is 2.53 bits per heavy atom. The molecular weight excluding hydrogens is 396 g/mol. The van der Waals surface area contributed by atoms with Crippen LogP contribution in [0.4, 0.5) is 5.69 Å². The minimum absolute atomic E-state index is 0.0210. The van der Waals surface area contributed by atoms with Crippen LogP contribution >= 0.6 is 11.8 Å². The van der Waals surface area contributed by atoms with Crippen molar-refractivity contribution in [2.75, 3.05) is 5.32 Å². The Morgan fingerprint density at radius 2 is 1.87 bits per heavy atom. The highest BCUT2D eigenvalue weighted by atomic mass is 32.2. The highest BCUT2D eigenvalue weighted by Crippen LogP contribution is 2.33. The van der Waals surface area contributed by atoms with Crippen LogP contribution < -0.4 is 5.32 Å². The third-order valence-electron chi connectivity index (χ3n) is 5.32. The van der Waals surface area contributed by atoms with Crippen molar-refractivity contribution in [3.63, 3.8) is 0 Å². The second-order valence-electron chi connectivity index (χ2n) is 7.59. The number of carbonyl (C=O) groups excluding carboxylic acids is 1. The molecule has 7 heteroatoms. The molecule has 0 saturated heterocycles. The Bertz CT molecular complexity index is 1220. The first-order valence-electron chi connectivity index (χ1n) is 10.2. The number of aromatic nitrogens is 3. The van der Waals surface area contributed by atoms with Gasteiger partial charge in [-0.15, -0.1) is 10.2 Å². The Labute approximate surface area is 180 Å². The molecule has 1 atom stereocenters. The third kappa shape index (κ3) is 3.58.